The summed E-state index contributed by atoms with van der Waals surface area (Å²) in [4.78, 5) is 0. The van der Waals surface area contributed by atoms with Gasteiger partial charge in [0.1, 0.15) is 0 Å². The predicted octanol–water partition coefficient (Wildman–Crippen LogP) is 6.65. The first kappa shape index (κ1) is 16.8. The Hall–Kier alpha value is -1.56. The standard InChI is InChI=1S/C22H30/c1-15(2)19-13-20(16(3)4)22(21(14-19)17(5)6)12-18-10-8-7-9-11-18/h7-11,13-17H,12H2,1-6H3. The molecule has 0 unspecified atom stereocenters. The zero-order valence-corrected chi connectivity index (χ0v) is 15.0. The summed E-state index contributed by atoms with van der Waals surface area (Å²) in [5, 5.41) is 0. The van der Waals surface area contributed by atoms with Crippen LogP contribution >= 0.6 is 0 Å². The van der Waals surface area contributed by atoms with Gasteiger partial charge in [-0.2, -0.15) is 0 Å². The zero-order chi connectivity index (χ0) is 16.3. The van der Waals surface area contributed by atoms with Crippen LogP contribution < -0.4 is 0 Å². The lowest BCUT2D eigenvalue weighted by Gasteiger charge is -2.23. The molecule has 0 aromatic heterocycles. The van der Waals surface area contributed by atoms with Gasteiger partial charge >= 0.3 is 0 Å². The fourth-order valence-corrected chi connectivity index (χ4v) is 3.11. The Bertz CT molecular complexity index is 574. The van der Waals surface area contributed by atoms with Gasteiger partial charge in [0.25, 0.3) is 0 Å². The molecule has 0 bridgehead atoms. The monoisotopic (exact) mass is 294 g/mol. The van der Waals surface area contributed by atoms with Gasteiger partial charge < -0.3 is 0 Å². The van der Waals surface area contributed by atoms with Crippen LogP contribution in [-0.2, 0) is 6.42 Å². The molecule has 0 radical (unpaired) electrons. The van der Waals surface area contributed by atoms with Crippen molar-refractivity contribution in [3.05, 3.63) is 70.3 Å². The van der Waals surface area contributed by atoms with Crippen LogP contribution in [0.4, 0.5) is 0 Å². The van der Waals surface area contributed by atoms with Crippen LogP contribution in [-0.4, -0.2) is 0 Å². The van der Waals surface area contributed by atoms with Gasteiger partial charge in [-0.05, 0) is 52.0 Å². The topological polar surface area (TPSA) is 0 Å². The summed E-state index contributed by atoms with van der Waals surface area (Å²) < 4.78 is 0. The van der Waals surface area contributed by atoms with Gasteiger partial charge in [-0.25, -0.2) is 0 Å². The minimum absolute atomic E-state index is 0.565. The molecule has 0 aliphatic rings. The van der Waals surface area contributed by atoms with E-state index in [9.17, 15) is 0 Å². The first-order chi connectivity index (χ1) is 10.4. The maximum Gasteiger partial charge on any atom is -0.00201 e. The van der Waals surface area contributed by atoms with Gasteiger partial charge in [-0.1, -0.05) is 84.0 Å². The Morgan fingerprint density at radius 1 is 0.682 bits per heavy atom. The Morgan fingerprint density at radius 3 is 1.59 bits per heavy atom. The van der Waals surface area contributed by atoms with E-state index < -0.39 is 0 Å². The van der Waals surface area contributed by atoms with Crippen molar-refractivity contribution in [1.82, 2.24) is 0 Å². The van der Waals surface area contributed by atoms with E-state index in [1.54, 1.807) is 5.56 Å². The fraction of sp³-hybridized carbons (Fsp3) is 0.455. The van der Waals surface area contributed by atoms with E-state index in [0.717, 1.165) is 6.42 Å². The summed E-state index contributed by atoms with van der Waals surface area (Å²) in [5.41, 5.74) is 7.48. The summed E-state index contributed by atoms with van der Waals surface area (Å²) in [6, 6.07) is 15.7. The highest BCUT2D eigenvalue weighted by molar-refractivity contribution is 5.46. The van der Waals surface area contributed by atoms with Crippen molar-refractivity contribution in [1.29, 1.82) is 0 Å². The maximum atomic E-state index is 2.44. The van der Waals surface area contributed by atoms with Crippen LogP contribution in [0.15, 0.2) is 42.5 Å². The first-order valence-corrected chi connectivity index (χ1v) is 8.60. The average molecular weight is 294 g/mol. The lowest BCUT2D eigenvalue weighted by Crippen LogP contribution is -2.07. The highest BCUT2D eigenvalue weighted by atomic mass is 14.2. The molecule has 0 fully saturated rings. The molecule has 0 heteroatoms. The second-order valence-corrected chi connectivity index (χ2v) is 7.30. The SMILES string of the molecule is CC(C)c1cc(C(C)C)c(Cc2ccccc2)c(C(C)C)c1. The van der Waals surface area contributed by atoms with Crippen LogP contribution in [0.2, 0.25) is 0 Å². The van der Waals surface area contributed by atoms with Crippen molar-refractivity contribution >= 4 is 0 Å². The highest BCUT2D eigenvalue weighted by Crippen LogP contribution is 2.33. The van der Waals surface area contributed by atoms with E-state index in [1.807, 2.05) is 0 Å². The van der Waals surface area contributed by atoms with Crippen molar-refractivity contribution in [2.45, 2.75) is 65.7 Å². The highest BCUT2D eigenvalue weighted by Gasteiger charge is 2.17. The van der Waals surface area contributed by atoms with Gasteiger partial charge in [0.05, 0.1) is 0 Å². The van der Waals surface area contributed by atoms with Crippen LogP contribution in [0.3, 0.4) is 0 Å². The number of rotatable bonds is 5. The molecule has 0 atom stereocenters. The third-order valence-corrected chi connectivity index (χ3v) is 4.48. The zero-order valence-electron chi connectivity index (χ0n) is 15.0. The van der Waals surface area contributed by atoms with Crippen molar-refractivity contribution < 1.29 is 0 Å². The lowest BCUT2D eigenvalue weighted by molar-refractivity contribution is 0.783. The van der Waals surface area contributed by atoms with Crippen molar-refractivity contribution in [2.75, 3.05) is 0 Å². The minimum atomic E-state index is 0.565. The molecule has 0 aliphatic carbocycles. The van der Waals surface area contributed by atoms with E-state index in [2.05, 4.69) is 84.0 Å². The molecular formula is C22H30. The maximum absolute atomic E-state index is 2.44. The summed E-state index contributed by atoms with van der Waals surface area (Å²) in [6.07, 6.45) is 1.04. The molecule has 0 amide bonds. The Labute approximate surface area is 136 Å². The van der Waals surface area contributed by atoms with E-state index in [0.29, 0.717) is 17.8 Å². The summed E-state index contributed by atoms with van der Waals surface area (Å²) >= 11 is 0. The van der Waals surface area contributed by atoms with Gasteiger partial charge in [0, 0.05) is 0 Å². The summed E-state index contributed by atoms with van der Waals surface area (Å²) in [7, 11) is 0. The van der Waals surface area contributed by atoms with E-state index >= 15 is 0 Å². The molecule has 0 spiro atoms. The second kappa shape index (κ2) is 7.13. The number of hydrogen-bond acceptors (Lipinski definition) is 0. The lowest BCUT2D eigenvalue weighted by atomic mass is 9.82. The van der Waals surface area contributed by atoms with E-state index in [1.165, 1.54) is 22.3 Å². The van der Waals surface area contributed by atoms with Gasteiger partial charge in [0.15, 0.2) is 0 Å². The number of hydrogen-bond donors (Lipinski definition) is 0. The average Bonchev–Trinajstić information content (AvgIpc) is 2.47. The van der Waals surface area contributed by atoms with Crippen molar-refractivity contribution in [3.8, 4) is 0 Å². The Balaban J connectivity index is 2.58. The smallest absolute Gasteiger partial charge is 0.00201 e. The van der Waals surface area contributed by atoms with E-state index in [4.69, 9.17) is 0 Å². The quantitative estimate of drug-likeness (QED) is 0.579. The normalized spacial score (nSPS) is 11.7. The van der Waals surface area contributed by atoms with Gasteiger partial charge in [-0.15, -0.1) is 0 Å². The Kier molecular flexibility index (Phi) is 5.45. The molecule has 2 aromatic rings. The molecule has 22 heavy (non-hydrogen) atoms. The number of benzene rings is 2. The molecule has 2 aromatic carbocycles. The Morgan fingerprint density at radius 2 is 1.18 bits per heavy atom. The van der Waals surface area contributed by atoms with Crippen LogP contribution in [0.5, 0.6) is 0 Å². The van der Waals surface area contributed by atoms with Crippen LogP contribution in [0, 0.1) is 0 Å². The molecule has 2 rings (SSSR count). The largest absolute Gasteiger partial charge is 0.0622 e. The molecular weight excluding hydrogens is 264 g/mol. The molecule has 0 saturated carbocycles. The summed E-state index contributed by atoms with van der Waals surface area (Å²) in [6.45, 7) is 13.9. The molecule has 0 N–H and O–H groups in total. The van der Waals surface area contributed by atoms with Gasteiger partial charge in [-0.3, -0.25) is 0 Å². The summed E-state index contributed by atoms with van der Waals surface area (Å²) in [5.74, 6) is 1.71. The van der Waals surface area contributed by atoms with Gasteiger partial charge in [0.2, 0.25) is 0 Å². The fourth-order valence-electron chi connectivity index (χ4n) is 3.11. The van der Waals surface area contributed by atoms with Crippen molar-refractivity contribution in [2.24, 2.45) is 0 Å². The second-order valence-electron chi connectivity index (χ2n) is 7.30. The van der Waals surface area contributed by atoms with Crippen LogP contribution in [0.25, 0.3) is 0 Å². The molecule has 0 heterocycles. The molecule has 0 aliphatic heterocycles. The molecule has 118 valence electrons. The van der Waals surface area contributed by atoms with Crippen LogP contribution in [0.1, 0.15) is 87.1 Å². The minimum Gasteiger partial charge on any atom is -0.0622 e. The first-order valence-electron chi connectivity index (χ1n) is 8.60. The third kappa shape index (κ3) is 3.80. The van der Waals surface area contributed by atoms with Crippen molar-refractivity contribution in [3.63, 3.8) is 0 Å². The predicted molar refractivity (Wildman–Crippen MR) is 98.0 cm³/mol. The molecule has 0 nitrogen and oxygen atoms in total. The third-order valence-electron chi connectivity index (χ3n) is 4.48. The molecule has 0 saturated heterocycles. The van der Waals surface area contributed by atoms with E-state index in [-0.39, 0.29) is 0 Å².